The molecule has 1 heterocycles. The monoisotopic (exact) mass is 283 g/mol. The summed E-state index contributed by atoms with van der Waals surface area (Å²) in [5.41, 5.74) is 1.07. The maximum atomic E-state index is 12.6. The molecule has 5 heteroatoms. The molecule has 0 bridgehead atoms. The molecular weight excluding hydrogens is 262 g/mol. The highest BCUT2D eigenvalue weighted by Crippen LogP contribution is 2.28. The van der Waals surface area contributed by atoms with Crippen LogP contribution in [0.5, 0.6) is 0 Å². The van der Waals surface area contributed by atoms with Gasteiger partial charge in [-0.1, -0.05) is 12.2 Å². The predicted octanol–water partition coefficient (Wildman–Crippen LogP) is 2.67. The highest BCUT2D eigenvalue weighted by molar-refractivity contribution is 7.90. The SMILES string of the molecule is CCOC(=O)C1=C(C)C=CC=CN1[S@+]([O-])C(C)(C)C. The minimum absolute atomic E-state index is 0.291. The Hall–Kier alpha value is -1.20. The van der Waals surface area contributed by atoms with E-state index in [4.69, 9.17) is 4.74 Å². The maximum absolute atomic E-state index is 12.6. The van der Waals surface area contributed by atoms with Crippen molar-refractivity contribution in [1.29, 1.82) is 0 Å². The van der Waals surface area contributed by atoms with Crippen molar-refractivity contribution in [3.63, 3.8) is 0 Å². The maximum Gasteiger partial charge on any atom is 0.359 e. The van der Waals surface area contributed by atoms with Gasteiger partial charge in [0.15, 0.2) is 5.70 Å². The summed E-state index contributed by atoms with van der Waals surface area (Å²) in [5, 5.41) is 0. The van der Waals surface area contributed by atoms with E-state index in [1.54, 1.807) is 19.2 Å². The highest BCUT2D eigenvalue weighted by atomic mass is 32.2. The van der Waals surface area contributed by atoms with Crippen LogP contribution in [0.3, 0.4) is 0 Å². The zero-order chi connectivity index (χ0) is 14.6. The Balaban J connectivity index is 3.19. The van der Waals surface area contributed by atoms with E-state index in [1.165, 1.54) is 4.31 Å². The van der Waals surface area contributed by atoms with Crippen LogP contribution in [-0.2, 0) is 20.9 Å². The molecule has 0 aliphatic carbocycles. The van der Waals surface area contributed by atoms with Gasteiger partial charge >= 0.3 is 5.97 Å². The molecule has 0 spiro atoms. The Morgan fingerprint density at radius 1 is 1.42 bits per heavy atom. The molecule has 0 saturated heterocycles. The molecule has 1 atom stereocenters. The smallest absolute Gasteiger partial charge is 0.359 e. The third kappa shape index (κ3) is 3.88. The summed E-state index contributed by atoms with van der Waals surface area (Å²) in [6.07, 6.45) is 7.04. The lowest BCUT2D eigenvalue weighted by Gasteiger charge is -2.32. The summed E-state index contributed by atoms with van der Waals surface area (Å²) < 4.78 is 18.6. The van der Waals surface area contributed by atoms with Crippen LogP contribution in [0.25, 0.3) is 0 Å². The zero-order valence-electron chi connectivity index (χ0n) is 12.1. The van der Waals surface area contributed by atoms with E-state index in [2.05, 4.69) is 0 Å². The van der Waals surface area contributed by atoms with Gasteiger partial charge in [0.2, 0.25) is 0 Å². The van der Waals surface area contributed by atoms with Crippen LogP contribution in [0.1, 0.15) is 34.6 Å². The second-order valence-corrected chi connectivity index (χ2v) is 7.26. The van der Waals surface area contributed by atoms with E-state index in [0.29, 0.717) is 12.3 Å². The minimum Gasteiger partial charge on any atom is -0.592 e. The molecule has 1 aliphatic heterocycles. The first kappa shape index (κ1) is 15.9. The van der Waals surface area contributed by atoms with E-state index in [-0.39, 0.29) is 0 Å². The molecule has 0 N–H and O–H groups in total. The van der Waals surface area contributed by atoms with Gasteiger partial charge in [-0.3, -0.25) is 0 Å². The van der Waals surface area contributed by atoms with E-state index in [1.807, 2.05) is 39.8 Å². The largest absolute Gasteiger partial charge is 0.592 e. The minimum atomic E-state index is -1.36. The molecule has 0 unspecified atom stereocenters. The molecule has 0 aromatic rings. The first-order valence-electron chi connectivity index (χ1n) is 6.23. The lowest BCUT2D eigenvalue weighted by Crippen LogP contribution is -2.41. The van der Waals surface area contributed by atoms with Crippen LogP contribution in [0.4, 0.5) is 0 Å². The molecule has 0 radical (unpaired) electrons. The van der Waals surface area contributed by atoms with Crippen LogP contribution in [0.15, 0.2) is 35.7 Å². The number of allylic oxidation sites excluding steroid dienone is 4. The molecule has 0 amide bonds. The second-order valence-electron chi connectivity index (χ2n) is 5.14. The van der Waals surface area contributed by atoms with Crippen molar-refractivity contribution >= 4 is 17.3 Å². The summed E-state index contributed by atoms with van der Waals surface area (Å²) in [6.45, 7) is 9.46. The van der Waals surface area contributed by atoms with Crippen LogP contribution in [0.2, 0.25) is 0 Å². The molecule has 19 heavy (non-hydrogen) atoms. The third-order valence-electron chi connectivity index (χ3n) is 2.44. The summed E-state index contributed by atoms with van der Waals surface area (Å²) >= 11 is -1.36. The van der Waals surface area contributed by atoms with Crippen LogP contribution in [-0.4, -0.2) is 26.2 Å². The van der Waals surface area contributed by atoms with Crippen molar-refractivity contribution in [1.82, 2.24) is 4.31 Å². The Bertz CT molecular complexity index is 432. The van der Waals surface area contributed by atoms with E-state index in [9.17, 15) is 9.35 Å². The summed E-state index contributed by atoms with van der Waals surface area (Å²) in [4.78, 5) is 12.1. The van der Waals surface area contributed by atoms with Gasteiger partial charge in [0.25, 0.3) is 0 Å². The van der Waals surface area contributed by atoms with Crippen molar-refractivity contribution in [2.75, 3.05) is 6.61 Å². The molecule has 106 valence electrons. The summed E-state index contributed by atoms with van der Waals surface area (Å²) in [7, 11) is 0. The standard InChI is InChI=1S/C14H21NO3S/c1-6-18-13(16)12-11(2)9-7-8-10-15(12)19(17)14(3,4)5/h7-10H,6H2,1-5H3/t19-/m1/s1. The number of rotatable bonds is 3. The fourth-order valence-electron chi connectivity index (χ4n) is 1.54. The number of ether oxygens (including phenoxy) is 1. The van der Waals surface area contributed by atoms with Gasteiger partial charge in [0.1, 0.15) is 4.75 Å². The number of hydrogen-bond acceptors (Lipinski definition) is 4. The lowest BCUT2D eigenvalue weighted by molar-refractivity contribution is -0.139. The first-order chi connectivity index (χ1) is 8.79. The number of hydrogen-bond donors (Lipinski definition) is 0. The van der Waals surface area contributed by atoms with Gasteiger partial charge in [-0.05, 0) is 46.3 Å². The van der Waals surface area contributed by atoms with Gasteiger partial charge in [0.05, 0.1) is 24.2 Å². The fourth-order valence-corrected chi connectivity index (χ4v) is 2.69. The Labute approximate surface area is 118 Å². The van der Waals surface area contributed by atoms with Gasteiger partial charge in [-0.2, -0.15) is 4.31 Å². The average molecular weight is 283 g/mol. The van der Waals surface area contributed by atoms with Gasteiger partial charge in [0, 0.05) is 0 Å². The highest BCUT2D eigenvalue weighted by Gasteiger charge is 2.37. The summed E-state index contributed by atoms with van der Waals surface area (Å²) in [5.74, 6) is -0.450. The Morgan fingerprint density at radius 3 is 2.58 bits per heavy atom. The molecular formula is C14H21NO3S. The number of carbonyl (C=O) groups is 1. The number of carbonyl (C=O) groups excluding carboxylic acids is 1. The molecule has 0 saturated carbocycles. The molecule has 1 rings (SSSR count). The average Bonchev–Trinajstić information content (AvgIpc) is 2.49. The van der Waals surface area contributed by atoms with E-state index >= 15 is 0 Å². The second kappa shape index (κ2) is 6.30. The van der Waals surface area contributed by atoms with Crippen molar-refractivity contribution in [2.24, 2.45) is 0 Å². The quantitative estimate of drug-likeness (QED) is 0.590. The third-order valence-corrected chi connectivity index (χ3v) is 4.15. The van der Waals surface area contributed by atoms with Gasteiger partial charge in [-0.15, -0.1) is 0 Å². The lowest BCUT2D eigenvalue weighted by atomic mass is 10.2. The van der Waals surface area contributed by atoms with E-state index < -0.39 is 22.1 Å². The van der Waals surface area contributed by atoms with E-state index in [0.717, 1.165) is 5.57 Å². The van der Waals surface area contributed by atoms with Crippen molar-refractivity contribution in [2.45, 2.75) is 39.4 Å². The van der Waals surface area contributed by atoms with Crippen LogP contribution in [0, 0.1) is 0 Å². The number of esters is 1. The van der Waals surface area contributed by atoms with Crippen LogP contribution >= 0.6 is 0 Å². The number of nitrogens with zero attached hydrogens (tertiary/aromatic N) is 1. The Kier molecular flexibility index (Phi) is 5.26. The Morgan fingerprint density at radius 2 is 2.05 bits per heavy atom. The molecule has 4 nitrogen and oxygen atoms in total. The zero-order valence-corrected chi connectivity index (χ0v) is 12.9. The molecule has 0 aromatic heterocycles. The van der Waals surface area contributed by atoms with Gasteiger partial charge in [-0.25, -0.2) is 4.79 Å². The first-order valence-corrected chi connectivity index (χ1v) is 7.33. The normalized spacial score (nSPS) is 17.5. The predicted molar refractivity (Wildman–Crippen MR) is 77.3 cm³/mol. The van der Waals surface area contributed by atoms with Crippen LogP contribution < -0.4 is 0 Å². The van der Waals surface area contributed by atoms with Crippen molar-refractivity contribution in [3.8, 4) is 0 Å². The summed E-state index contributed by atoms with van der Waals surface area (Å²) in [6, 6.07) is 0. The van der Waals surface area contributed by atoms with Crippen molar-refractivity contribution < 1.29 is 14.1 Å². The van der Waals surface area contributed by atoms with Gasteiger partial charge < -0.3 is 9.29 Å². The topological polar surface area (TPSA) is 52.6 Å². The van der Waals surface area contributed by atoms with Crippen molar-refractivity contribution in [3.05, 3.63) is 35.7 Å². The fraction of sp³-hybridized carbons (Fsp3) is 0.500. The molecule has 0 aromatic carbocycles. The molecule has 1 aliphatic rings. The molecule has 0 fully saturated rings.